The Bertz CT molecular complexity index is 1110. The summed E-state index contributed by atoms with van der Waals surface area (Å²) in [6, 6.07) is 17.3. The van der Waals surface area contributed by atoms with Gasteiger partial charge in [-0.2, -0.15) is 4.68 Å². The van der Waals surface area contributed by atoms with Gasteiger partial charge in [0, 0.05) is 23.1 Å². The van der Waals surface area contributed by atoms with Crippen LogP contribution in [-0.2, 0) is 4.79 Å². The summed E-state index contributed by atoms with van der Waals surface area (Å²) < 4.78 is 6.83. The third-order valence-corrected chi connectivity index (χ3v) is 5.82. The molecule has 0 saturated carbocycles. The smallest absolute Gasteiger partial charge is 0.226 e. The summed E-state index contributed by atoms with van der Waals surface area (Å²) in [5.41, 5.74) is 2.66. The lowest BCUT2D eigenvalue weighted by Gasteiger charge is -2.04. The summed E-state index contributed by atoms with van der Waals surface area (Å²) in [5.74, 6) is 1.24. The van der Waals surface area contributed by atoms with Crippen molar-refractivity contribution in [1.29, 1.82) is 0 Å². The van der Waals surface area contributed by atoms with Crippen molar-refractivity contribution in [2.75, 3.05) is 18.2 Å². The molecule has 2 heterocycles. The minimum atomic E-state index is -0.100. The number of anilines is 1. The molecule has 0 saturated heterocycles. The van der Waals surface area contributed by atoms with Gasteiger partial charge >= 0.3 is 0 Å². The summed E-state index contributed by atoms with van der Waals surface area (Å²) in [6.45, 7) is 0. The van der Waals surface area contributed by atoms with Gasteiger partial charge in [0.05, 0.1) is 18.5 Å². The van der Waals surface area contributed by atoms with Crippen LogP contribution in [0.2, 0.25) is 0 Å². The lowest BCUT2D eigenvalue weighted by Crippen LogP contribution is -2.12. The van der Waals surface area contributed by atoms with E-state index in [0.29, 0.717) is 22.5 Å². The topological polar surface area (TPSA) is 94.8 Å². The molecule has 8 nitrogen and oxygen atoms in total. The molecule has 1 N–H and O–H groups in total. The molecule has 30 heavy (non-hydrogen) atoms. The molecule has 10 heteroatoms. The van der Waals surface area contributed by atoms with E-state index < -0.39 is 0 Å². The molecule has 2 aromatic carbocycles. The van der Waals surface area contributed by atoms with Gasteiger partial charge in [-0.05, 0) is 46.8 Å². The third kappa shape index (κ3) is 4.84. The highest BCUT2D eigenvalue weighted by molar-refractivity contribution is 7.99. The Hall–Kier alpha value is -3.24. The Kier molecular flexibility index (Phi) is 6.35. The van der Waals surface area contributed by atoms with E-state index in [1.807, 2.05) is 60.0 Å². The standard InChI is InChI=1S/C20H18N6O2S2/c1-28-16-9-7-14(8-10-16)17-13-30-19(21-17)22-18(27)11-12-29-20-23-24-25-26(20)15-5-3-2-4-6-15/h2-10,13H,11-12H2,1H3,(H,21,22,27). The van der Waals surface area contributed by atoms with Crippen LogP contribution in [-0.4, -0.2) is 44.0 Å². The number of ether oxygens (including phenoxy) is 1. The number of hydrogen-bond acceptors (Lipinski definition) is 8. The monoisotopic (exact) mass is 438 g/mol. The van der Waals surface area contributed by atoms with Crippen LogP contribution in [0, 0.1) is 0 Å². The Balaban J connectivity index is 1.30. The van der Waals surface area contributed by atoms with Gasteiger partial charge in [0.1, 0.15) is 5.75 Å². The average molecular weight is 439 g/mol. The van der Waals surface area contributed by atoms with Crippen molar-refractivity contribution in [2.45, 2.75) is 11.6 Å². The Morgan fingerprint density at radius 2 is 1.97 bits per heavy atom. The Morgan fingerprint density at radius 1 is 1.17 bits per heavy atom. The van der Waals surface area contributed by atoms with Crippen molar-refractivity contribution < 1.29 is 9.53 Å². The minimum absolute atomic E-state index is 0.100. The van der Waals surface area contributed by atoms with Gasteiger partial charge in [-0.15, -0.1) is 16.4 Å². The lowest BCUT2D eigenvalue weighted by atomic mass is 10.2. The maximum absolute atomic E-state index is 12.3. The number of thiazole rings is 1. The highest BCUT2D eigenvalue weighted by atomic mass is 32.2. The van der Waals surface area contributed by atoms with Crippen LogP contribution in [0.4, 0.5) is 5.13 Å². The molecule has 0 aliphatic heterocycles. The number of amides is 1. The predicted octanol–water partition coefficient (Wildman–Crippen LogP) is 3.92. The number of thioether (sulfide) groups is 1. The fourth-order valence-corrected chi connectivity index (χ4v) is 4.21. The highest BCUT2D eigenvalue weighted by Crippen LogP contribution is 2.26. The first-order valence-corrected chi connectivity index (χ1v) is 11.0. The summed E-state index contributed by atoms with van der Waals surface area (Å²) in [5, 5.41) is 17.8. The number of para-hydroxylation sites is 1. The number of carbonyl (C=O) groups excluding carboxylic acids is 1. The van der Waals surface area contributed by atoms with Crippen LogP contribution >= 0.6 is 23.1 Å². The zero-order chi connectivity index (χ0) is 20.8. The van der Waals surface area contributed by atoms with Crippen molar-refractivity contribution in [3.05, 3.63) is 60.0 Å². The second kappa shape index (κ2) is 9.51. The molecule has 0 fully saturated rings. The molecule has 0 unspecified atom stereocenters. The van der Waals surface area contributed by atoms with E-state index in [9.17, 15) is 4.79 Å². The van der Waals surface area contributed by atoms with Crippen LogP contribution in [0.1, 0.15) is 6.42 Å². The Labute approximate surface area is 181 Å². The van der Waals surface area contributed by atoms with Gasteiger partial charge in [0.25, 0.3) is 0 Å². The van der Waals surface area contributed by atoms with E-state index >= 15 is 0 Å². The van der Waals surface area contributed by atoms with Gasteiger partial charge < -0.3 is 10.1 Å². The van der Waals surface area contributed by atoms with Gasteiger partial charge in [-0.25, -0.2) is 4.98 Å². The zero-order valence-corrected chi connectivity index (χ0v) is 17.7. The molecule has 0 aliphatic carbocycles. The third-order valence-electron chi connectivity index (χ3n) is 4.14. The minimum Gasteiger partial charge on any atom is -0.497 e. The normalized spacial score (nSPS) is 10.7. The molecule has 4 rings (SSSR count). The number of nitrogens with zero attached hydrogens (tertiary/aromatic N) is 5. The van der Waals surface area contributed by atoms with Gasteiger partial charge in [-0.3, -0.25) is 4.79 Å². The molecular weight excluding hydrogens is 420 g/mol. The summed E-state index contributed by atoms with van der Waals surface area (Å²) in [4.78, 5) is 16.8. The summed E-state index contributed by atoms with van der Waals surface area (Å²) in [6.07, 6.45) is 0.323. The predicted molar refractivity (Wildman–Crippen MR) is 117 cm³/mol. The molecule has 4 aromatic rings. The van der Waals surface area contributed by atoms with E-state index in [1.54, 1.807) is 11.8 Å². The van der Waals surface area contributed by atoms with Gasteiger partial charge in [0.2, 0.25) is 11.1 Å². The van der Waals surface area contributed by atoms with E-state index in [0.717, 1.165) is 22.7 Å². The zero-order valence-electron chi connectivity index (χ0n) is 16.1. The van der Waals surface area contributed by atoms with E-state index in [-0.39, 0.29) is 5.91 Å². The SMILES string of the molecule is COc1ccc(-c2csc(NC(=O)CCSc3nnnn3-c3ccccc3)n2)cc1. The number of nitrogens with one attached hydrogen (secondary N) is 1. The fraction of sp³-hybridized carbons (Fsp3) is 0.150. The Morgan fingerprint density at radius 3 is 2.73 bits per heavy atom. The van der Waals surface area contributed by atoms with Crippen molar-refractivity contribution >= 4 is 34.1 Å². The largest absolute Gasteiger partial charge is 0.497 e. The van der Waals surface area contributed by atoms with E-state index in [2.05, 4.69) is 25.8 Å². The molecule has 0 radical (unpaired) electrons. The second-order valence-corrected chi connectivity index (χ2v) is 8.04. The highest BCUT2D eigenvalue weighted by Gasteiger charge is 2.12. The lowest BCUT2D eigenvalue weighted by molar-refractivity contribution is -0.115. The maximum Gasteiger partial charge on any atom is 0.226 e. The number of rotatable bonds is 8. The van der Waals surface area contributed by atoms with Crippen molar-refractivity contribution in [1.82, 2.24) is 25.2 Å². The van der Waals surface area contributed by atoms with Crippen molar-refractivity contribution in [3.63, 3.8) is 0 Å². The average Bonchev–Trinajstić information content (AvgIpc) is 3.44. The van der Waals surface area contributed by atoms with Crippen LogP contribution < -0.4 is 10.1 Å². The second-order valence-electron chi connectivity index (χ2n) is 6.12. The van der Waals surface area contributed by atoms with Gasteiger partial charge in [-0.1, -0.05) is 30.0 Å². The van der Waals surface area contributed by atoms with Crippen LogP contribution in [0.25, 0.3) is 16.9 Å². The maximum atomic E-state index is 12.3. The van der Waals surface area contributed by atoms with E-state index in [1.165, 1.54) is 23.1 Å². The molecular formula is C20H18N6O2S2. The van der Waals surface area contributed by atoms with E-state index in [4.69, 9.17) is 4.74 Å². The molecule has 2 aromatic heterocycles. The number of aromatic nitrogens is 5. The first kappa shape index (κ1) is 20.0. The molecule has 1 amide bonds. The number of methoxy groups -OCH3 is 1. The van der Waals surface area contributed by atoms with Crippen LogP contribution in [0.3, 0.4) is 0 Å². The quantitative estimate of drug-likeness (QED) is 0.417. The fourth-order valence-electron chi connectivity index (χ4n) is 2.64. The number of hydrogen-bond donors (Lipinski definition) is 1. The molecule has 0 aliphatic rings. The van der Waals surface area contributed by atoms with Crippen LogP contribution in [0.5, 0.6) is 5.75 Å². The van der Waals surface area contributed by atoms with Crippen molar-refractivity contribution in [3.8, 4) is 22.7 Å². The van der Waals surface area contributed by atoms with Crippen LogP contribution in [0.15, 0.2) is 65.1 Å². The number of carbonyl (C=O) groups is 1. The van der Waals surface area contributed by atoms with Crippen molar-refractivity contribution in [2.24, 2.45) is 0 Å². The molecule has 0 atom stereocenters. The first-order chi connectivity index (χ1) is 14.7. The van der Waals surface area contributed by atoms with Gasteiger partial charge in [0.15, 0.2) is 5.13 Å². The first-order valence-electron chi connectivity index (χ1n) is 9.09. The summed E-state index contributed by atoms with van der Waals surface area (Å²) in [7, 11) is 1.63. The summed E-state index contributed by atoms with van der Waals surface area (Å²) >= 11 is 2.83. The number of benzene rings is 2. The molecule has 0 spiro atoms. The molecule has 0 bridgehead atoms. The molecule has 152 valence electrons. The number of tetrazole rings is 1.